The molecule has 0 saturated heterocycles. The summed E-state index contributed by atoms with van der Waals surface area (Å²) >= 11 is 5.94. The van der Waals surface area contributed by atoms with E-state index in [9.17, 15) is 8.42 Å². The molecule has 0 aromatic heterocycles. The Balaban J connectivity index is -0.000000240. The average Bonchev–Trinajstić information content (AvgIpc) is 1.99. The number of hydrogen-bond donors (Lipinski definition) is 0. The third-order valence-corrected chi connectivity index (χ3v) is 4.40. The molecule has 0 aromatic rings. The molecule has 0 fully saturated rings. The fourth-order valence-corrected chi connectivity index (χ4v) is 2.23. The first-order valence-electron chi connectivity index (χ1n) is 4.45. The summed E-state index contributed by atoms with van der Waals surface area (Å²) in [7, 11) is 1.74. The van der Waals surface area contributed by atoms with Crippen LogP contribution in [0.3, 0.4) is 0 Å². The van der Waals surface area contributed by atoms with Gasteiger partial charge in [0.25, 0.3) is 0 Å². The van der Waals surface area contributed by atoms with E-state index >= 15 is 0 Å². The highest BCUT2D eigenvalue weighted by atomic mass is 35.7. The Morgan fingerprint density at radius 1 is 1.19 bits per heavy atom. The molecule has 2 nitrogen and oxygen atoms in total. The minimum atomic E-state index is -3.44. The second kappa shape index (κ2) is 12.0. The summed E-state index contributed by atoms with van der Waals surface area (Å²) in [5.41, 5.74) is 0. The number of rotatable bonds is 6. The van der Waals surface area contributed by atoms with Gasteiger partial charge >= 0.3 is 0 Å². The van der Waals surface area contributed by atoms with E-state index in [0.717, 1.165) is 19.3 Å². The van der Waals surface area contributed by atoms with Crippen LogP contribution in [0.15, 0.2) is 0 Å². The van der Waals surface area contributed by atoms with Crippen molar-refractivity contribution in [2.24, 2.45) is 0 Å². The van der Waals surface area contributed by atoms with E-state index in [-0.39, 0.29) is 27.7 Å². The van der Waals surface area contributed by atoms with Crippen LogP contribution in [0.25, 0.3) is 0 Å². The van der Waals surface area contributed by atoms with Crippen molar-refractivity contribution in [3.05, 3.63) is 0 Å². The summed E-state index contributed by atoms with van der Waals surface area (Å²) in [4.78, 5) is 0. The minimum Gasteiger partial charge on any atom is -0.212 e. The van der Waals surface area contributed by atoms with E-state index in [1.165, 1.54) is 0 Å². The molecular weight excluding hydrogens is 267 g/mol. The van der Waals surface area contributed by atoms with Crippen molar-refractivity contribution >= 4 is 31.3 Å². The quantitative estimate of drug-likeness (QED) is 0.508. The molecule has 104 valence electrons. The Hall–Kier alpha value is 0.530. The largest absolute Gasteiger partial charge is 0.235 e. The van der Waals surface area contributed by atoms with Crippen LogP contribution in [0.2, 0.25) is 0 Å². The van der Waals surface area contributed by atoms with Gasteiger partial charge in [0.15, 0.2) is 0 Å². The lowest BCUT2D eigenvalue weighted by Gasteiger charge is -2.12. The first-order chi connectivity index (χ1) is 5.88. The Bertz CT molecular complexity index is 228. The Morgan fingerprint density at radius 2 is 1.62 bits per heavy atom. The Kier molecular flexibility index (Phi) is 19.0. The van der Waals surface area contributed by atoms with Gasteiger partial charge in [0.1, 0.15) is 0 Å². The van der Waals surface area contributed by atoms with Crippen molar-refractivity contribution in [3.63, 3.8) is 0 Å². The molecule has 0 aliphatic heterocycles. The number of unbranched alkanes of at least 4 members (excludes halogenated alkanes) is 1. The molecule has 0 bridgehead atoms. The summed E-state index contributed by atoms with van der Waals surface area (Å²) in [6.07, 6.45) is 3.40. The molecule has 2 unspecified atom stereocenters. The van der Waals surface area contributed by atoms with Crippen LogP contribution in [0, 0.1) is 0 Å². The lowest BCUT2D eigenvalue weighted by Crippen LogP contribution is -2.17. The van der Waals surface area contributed by atoms with E-state index in [0.29, 0.717) is 6.42 Å². The average molecular weight is 295 g/mol. The first-order valence-corrected chi connectivity index (χ1v) is 7.26. The highest BCUT2D eigenvalue weighted by molar-refractivity contribution is 8.14. The van der Waals surface area contributed by atoms with E-state index in [4.69, 9.17) is 22.3 Å². The second-order valence-corrected chi connectivity index (χ2v) is 6.92. The zero-order valence-corrected chi connectivity index (χ0v) is 10.3. The lowest BCUT2D eigenvalue weighted by atomic mass is 10.1. The predicted octanol–water partition coefficient (Wildman–Crippen LogP) is 5.04. The van der Waals surface area contributed by atoms with E-state index in [1.54, 1.807) is 6.92 Å². The fourth-order valence-electron chi connectivity index (χ4n) is 1.02. The van der Waals surface area contributed by atoms with Crippen LogP contribution in [-0.2, 0) is 9.05 Å². The normalized spacial score (nSPS) is 13.8. The number of alkyl halides is 1. The molecule has 0 radical (unpaired) electrons. The zero-order valence-electron chi connectivity index (χ0n) is 7.96. The minimum absolute atomic E-state index is 0. The molecule has 0 aliphatic rings. The van der Waals surface area contributed by atoms with E-state index in [2.05, 4.69) is 6.92 Å². The van der Waals surface area contributed by atoms with Gasteiger partial charge in [0.2, 0.25) is 9.05 Å². The van der Waals surface area contributed by atoms with Gasteiger partial charge in [-0.05, 0) is 19.8 Å². The standard InChI is InChI=1S/C8H16Cl2O2S.3CH4/c1-3-4-5-8(9)6-7(2)13(10,11)12;;;/h7-8H,3-6H2,1-2H3;3*1H4. The van der Waals surface area contributed by atoms with Crippen molar-refractivity contribution in [2.45, 2.75) is 72.4 Å². The van der Waals surface area contributed by atoms with Crippen molar-refractivity contribution < 1.29 is 8.42 Å². The monoisotopic (exact) mass is 294 g/mol. The van der Waals surface area contributed by atoms with Gasteiger partial charge in [-0.1, -0.05) is 42.0 Å². The summed E-state index contributed by atoms with van der Waals surface area (Å²) in [5, 5.41) is -0.628. The highest BCUT2D eigenvalue weighted by Crippen LogP contribution is 2.19. The van der Waals surface area contributed by atoms with Crippen LogP contribution < -0.4 is 0 Å². The molecule has 0 amide bonds. The molecular formula is C11H28Cl2O2S. The Morgan fingerprint density at radius 3 is 1.94 bits per heavy atom. The molecule has 0 rings (SSSR count). The van der Waals surface area contributed by atoms with Crippen molar-refractivity contribution in [1.29, 1.82) is 0 Å². The maximum Gasteiger partial charge on any atom is 0.235 e. The van der Waals surface area contributed by atoms with Gasteiger partial charge in [-0.15, -0.1) is 11.6 Å². The third kappa shape index (κ3) is 12.6. The highest BCUT2D eigenvalue weighted by Gasteiger charge is 2.20. The van der Waals surface area contributed by atoms with Crippen LogP contribution in [0.4, 0.5) is 0 Å². The van der Waals surface area contributed by atoms with Gasteiger partial charge in [0.05, 0.1) is 5.25 Å². The summed E-state index contributed by atoms with van der Waals surface area (Å²) in [6, 6.07) is 0. The summed E-state index contributed by atoms with van der Waals surface area (Å²) in [5.74, 6) is 0. The first kappa shape index (κ1) is 25.4. The SMILES string of the molecule is C.C.C.CCCCC(Cl)CC(C)S(=O)(=O)Cl. The number of halogens is 2. The molecule has 0 heterocycles. The van der Waals surface area contributed by atoms with Crippen LogP contribution >= 0.6 is 22.3 Å². The van der Waals surface area contributed by atoms with Gasteiger partial charge in [-0.2, -0.15) is 0 Å². The molecule has 16 heavy (non-hydrogen) atoms. The Labute approximate surface area is 112 Å². The molecule has 0 aromatic carbocycles. The van der Waals surface area contributed by atoms with Crippen LogP contribution in [0.5, 0.6) is 0 Å². The molecule has 0 saturated carbocycles. The molecule has 5 heteroatoms. The zero-order chi connectivity index (χ0) is 10.5. The van der Waals surface area contributed by atoms with Crippen LogP contribution in [-0.4, -0.2) is 19.0 Å². The maximum absolute atomic E-state index is 10.8. The maximum atomic E-state index is 10.8. The molecule has 0 aliphatic carbocycles. The fraction of sp³-hybridized carbons (Fsp3) is 1.00. The van der Waals surface area contributed by atoms with Crippen molar-refractivity contribution in [1.82, 2.24) is 0 Å². The molecule has 2 atom stereocenters. The second-order valence-electron chi connectivity index (χ2n) is 3.26. The van der Waals surface area contributed by atoms with E-state index < -0.39 is 14.3 Å². The third-order valence-electron chi connectivity index (χ3n) is 1.94. The van der Waals surface area contributed by atoms with Gasteiger partial charge < -0.3 is 0 Å². The lowest BCUT2D eigenvalue weighted by molar-refractivity contribution is 0.578. The van der Waals surface area contributed by atoms with Crippen LogP contribution in [0.1, 0.15) is 61.8 Å². The summed E-state index contributed by atoms with van der Waals surface area (Å²) in [6.45, 7) is 3.66. The van der Waals surface area contributed by atoms with Gasteiger partial charge in [-0.25, -0.2) is 8.42 Å². The summed E-state index contributed by atoms with van der Waals surface area (Å²) < 4.78 is 21.7. The predicted molar refractivity (Wildman–Crippen MR) is 78.2 cm³/mol. The topological polar surface area (TPSA) is 34.1 Å². The van der Waals surface area contributed by atoms with Crippen molar-refractivity contribution in [3.8, 4) is 0 Å². The van der Waals surface area contributed by atoms with Crippen molar-refractivity contribution in [2.75, 3.05) is 0 Å². The van der Waals surface area contributed by atoms with Gasteiger partial charge in [-0.3, -0.25) is 0 Å². The molecule has 0 spiro atoms. The smallest absolute Gasteiger partial charge is 0.212 e. The van der Waals surface area contributed by atoms with Gasteiger partial charge in [0, 0.05) is 16.1 Å². The number of hydrogen-bond acceptors (Lipinski definition) is 2. The molecule has 0 N–H and O–H groups in total. The van der Waals surface area contributed by atoms with E-state index in [1.807, 2.05) is 0 Å².